The number of carbonyl (C=O) groups excluding carboxylic acids is 1. The molecule has 12 heavy (non-hydrogen) atoms. The number of carbonyl (C=O) groups is 1. The first kappa shape index (κ1) is 11.0. The standard InChI is InChI=1S/C9H17NO2/c1-5-6-10(4)8(2)7-12-9(3)11/h2,5-7H2,1,3-4H3. The summed E-state index contributed by atoms with van der Waals surface area (Å²) in [7, 11) is 1.94. The molecule has 0 rings (SSSR count). The van der Waals surface area contributed by atoms with Crippen LogP contribution in [0.1, 0.15) is 20.3 Å². The van der Waals surface area contributed by atoms with Gasteiger partial charge >= 0.3 is 5.97 Å². The minimum absolute atomic E-state index is 0.263. The maximum Gasteiger partial charge on any atom is 0.303 e. The van der Waals surface area contributed by atoms with Crippen LogP contribution in [0.4, 0.5) is 0 Å². The van der Waals surface area contributed by atoms with Gasteiger partial charge in [0, 0.05) is 26.2 Å². The minimum Gasteiger partial charge on any atom is -0.459 e. The molecule has 0 atom stereocenters. The van der Waals surface area contributed by atoms with Gasteiger partial charge in [-0.15, -0.1) is 0 Å². The topological polar surface area (TPSA) is 29.5 Å². The predicted molar refractivity (Wildman–Crippen MR) is 48.7 cm³/mol. The van der Waals surface area contributed by atoms with Gasteiger partial charge in [-0.3, -0.25) is 4.79 Å². The summed E-state index contributed by atoms with van der Waals surface area (Å²) in [6.45, 7) is 8.52. The summed E-state index contributed by atoms with van der Waals surface area (Å²) in [5, 5.41) is 0. The summed E-state index contributed by atoms with van der Waals surface area (Å²) in [6.07, 6.45) is 1.07. The highest BCUT2D eigenvalue weighted by Gasteiger charge is 2.01. The van der Waals surface area contributed by atoms with Crippen LogP contribution in [-0.4, -0.2) is 31.1 Å². The predicted octanol–water partition coefficient (Wildman–Crippen LogP) is 1.41. The summed E-state index contributed by atoms with van der Waals surface area (Å²) in [6, 6.07) is 0. The van der Waals surface area contributed by atoms with E-state index in [1.165, 1.54) is 6.92 Å². The molecular weight excluding hydrogens is 154 g/mol. The van der Waals surface area contributed by atoms with Crippen molar-refractivity contribution in [3.63, 3.8) is 0 Å². The largest absolute Gasteiger partial charge is 0.459 e. The first-order valence-corrected chi connectivity index (χ1v) is 4.10. The van der Waals surface area contributed by atoms with Crippen molar-refractivity contribution in [2.45, 2.75) is 20.3 Å². The van der Waals surface area contributed by atoms with E-state index < -0.39 is 0 Å². The molecule has 0 heterocycles. The number of likely N-dealkylation sites (N-methyl/N-ethyl adjacent to an activating group) is 1. The van der Waals surface area contributed by atoms with E-state index in [9.17, 15) is 4.79 Å². The van der Waals surface area contributed by atoms with Crippen molar-refractivity contribution in [3.05, 3.63) is 12.3 Å². The second kappa shape index (κ2) is 5.63. The fraction of sp³-hybridized carbons (Fsp3) is 0.667. The van der Waals surface area contributed by atoms with Gasteiger partial charge in [-0.2, -0.15) is 0 Å². The van der Waals surface area contributed by atoms with E-state index in [1.54, 1.807) is 0 Å². The van der Waals surface area contributed by atoms with Crippen molar-refractivity contribution < 1.29 is 9.53 Å². The van der Waals surface area contributed by atoms with E-state index in [4.69, 9.17) is 4.74 Å². The highest BCUT2D eigenvalue weighted by molar-refractivity contribution is 5.66. The normalized spacial score (nSPS) is 9.25. The van der Waals surface area contributed by atoms with Gasteiger partial charge in [-0.1, -0.05) is 13.5 Å². The van der Waals surface area contributed by atoms with Crippen LogP contribution in [0.5, 0.6) is 0 Å². The Morgan fingerprint density at radius 3 is 2.58 bits per heavy atom. The molecule has 0 bridgehead atoms. The average molecular weight is 171 g/mol. The molecule has 0 saturated carbocycles. The zero-order chi connectivity index (χ0) is 9.56. The molecule has 0 aliphatic heterocycles. The van der Waals surface area contributed by atoms with Gasteiger partial charge < -0.3 is 9.64 Å². The van der Waals surface area contributed by atoms with Gasteiger partial charge in [0.15, 0.2) is 0 Å². The first-order chi connectivity index (χ1) is 5.57. The smallest absolute Gasteiger partial charge is 0.303 e. The fourth-order valence-electron chi connectivity index (χ4n) is 0.789. The van der Waals surface area contributed by atoms with Crippen molar-refractivity contribution in [2.24, 2.45) is 0 Å². The molecule has 0 aliphatic rings. The lowest BCUT2D eigenvalue weighted by molar-refractivity contribution is -0.140. The van der Waals surface area contributed by atoms with Gasteiger partial charge in [0.25, 0.3) is 0 Å². The maximum absolute atomic E-state index is 10.4. The molecule has 0 amide bonds. The van der Waals surface area contributed by atoms with Crippen LogP contribution >= 0.6 is 0 Å². The van der Waals surface area contributed by atoms with Crippen LogP contribution < -0.4 is 0 Å². The molecule has 0 aromatic rings. The lowest BCUT2D eigenvalue weighted by Crippen LogP contribution is -2.21. The maximum atomic E-state index is 10.4. The monoisotopic (exact) mass is 171 g/mol. The quantitative estimate of drug-likeness (QED) is 0.586. The molecule has 0 N–H and O–H groups in total. The average Bonchev–Trinajstić information content (AvgIpc) is 2.00. The Balaban J connectivity index is 3.64. The van der Waals surface area contributed by atoms with Crippen LogP contribution in [-0.2, 0) is 9.53 Å². The summed E-state index contributed by atoms with van der Waals surface area (Å²) in [4.78, 5) is 12.4. The first-order valence-electron chi connectivity index (χ1n) is 4.10. The molecule has 0 radical (unpaired) electrons. The van der Waals surface area contributed by atoms with Crippen LogP contribution in [0.3, 0.4) is 0 Å². The van der Waals surface area contributed by atoms with Crippen molar-refractivity contribution >= 4 is 5.97 Å². The fourth-order valence-corrected chi connectivity index (χ4v) is 0.789. The molecule has 0 fully saturated rings. The Morgan fingerprint density at radius 1 is 1.58 bits per heavy atom. The molecule has 0 aromatic carbocycles. The van der Waals surface area contributed by atoms with E-state index in [0.29, 0.717) is 6.61 Å². The van der Waals surface area contributed by atoms with Crippen molar-refractivity contribution in [2.75, 3.05) is 20.2 Å². The highest BCUT2D eigenvalue weighted by atomic mass is 16.5. The molecule has 3 heteroatoms. The van der Waals surface area contributed by atoms with E-state index in [0.717, 1.165) is 18.7 Å². The van der Waals surface area contributed by atoms with Gasteiger partial charge in [0.2, 0.25) is 0 Å². The zero-order valence-corrected chi connectivity index (χ0v) is 8.09. The highest BCUT2D eigenvalue weighted by Crippen LogP contribution is 1.99. The Bertz CT molecular complexity index is 166. The van der Waals surface area contributed by atoms with Gasteiger partial charge in [0.1, 0.15) is 6.61 Å². The molecule has 0 saturated heterocycles. The third kappa shape index (κ3) is 4.77. The van der Waals surface area contributed by atoms with Crippen LogP contribution in [0.25, 0.3) is 0 Å². The van der Waals surface area contributed by atoms with Crippen LogP contribution in [0, 0.1) is 0 Å². The minimum atomic E-state index is -0.263. The summed E-state index contributed by atoms with van der Waals surface area (Å²) in [5.74, 6) is -0.263. The zero-order valence-electron chi connectivity index (χ0n) is 8.09. The Kier molecular flexibility index (Phi) is 5.17. The van der Waals surface area contributed by atoms with Gasteiger partial charge in [-0.05, 0) is 6.42 Å². The lowest BCUT2D eigenvalue weighted by atomic mass is 10.4. The van der Waals surface area contributed by atoms with Crippen LogP contribution in [0.2, 0.25) is 0 Å². The molecule has 0 aliphatic carbocycles. The number of nitrogens with zero attached hydrogens (tertiary/aromatic N) is 1. The SMILES string of the molecule is C=C(COC(C)=O)N(C)CCC. The second-order valence-corrected chi connectivity index (χ2v) is 2.77. The van der Waals surface area contributed by atoms with Crippen LogP contribution in [0.15, 0.2) is 12.3 Å². The Morgan fingerprint density at radius 2 is 2.17 bits per heavy atom. The Hall–Kier alpha value is -0.990. The van der Waals surface area contributed by atoms with Gasteiger partial charge in [-0.25, -0.2) is 0 Å². The van der Waals surface area contributed by atoms with E-state index in [1.807, 2.05) is 11.9 Å². The lowest BCUT2D eigenvalue weighted by Gasteiger charge is -2.20. The van der Waals surface area contributed by atoms with E-state index in [2.05, 4.69) is 13.5 Å². The van der Waals surface area contributed by atoms with E-state index in [-0.39, 0.29) is 5.97 Å². The molecule has 70 valence electrons. The van der Waals surface area contributed by atoms with Crippen molar-refractivity contribution in [1.29, 1.82) is 0 Å². The molecule has 0 unspecified atom stereocenters. The van der Waals surface area contributed by atoms with Crippen molar-refractivity contribution in [1.82, 2.24) is 4.90 Å². The Labute approximate surface area is 74.0 Å². The number of ether oxygens (including phenoxy) is 1. The molecule has 0 aromatic heterocycles. The third-order valence-corrected chi connectivity index (χ3v) is 1.54. The number of hydrogen-bond acceptors (Lipinski definition) is 3. The molecule has 3 nitrogen and oxygen atoms in total. The summed E-state index contributed by atoms with van der Waals surface area (Å²) < 4.78 is 4.79. The summed E-state index contributed by atoms with van der Waals surface area (Å²) >= 11 is 0. The second-order valence-electron chi connectivity index (χ2n) is 2.77. The summed E-state index contributed by atoms with van der Waals surface area (Å²) in [5.41, 5.74) is 0.840. The molecule has 0 spiro atoms. The van der Waals surface area contributed by atoms with E-state index >= 15 is 0 Å². The third-order valence-electron chi connectivity index (χ3n) is 1.54. The molecular formula is C9H17NO2. The number of esters is 1. The number of rotatable bonds is 5. The van der Waals surface area contributed by atoms with Gasteiger partial charge in [0.05, 0.1) is 0 Å². The number of hydrogen-bond donors (Lipinski definition) is 0. The van der Waals surface area contributed by atoms with Crippen molar-refractivity contribution in [3.8, 4) is 0 Å².